The van der Waals surface area contributed by atoms with Crippen molar-refractivity contribution in [3.05, 3.63) is 53.6 Å². The summed E-state index contributed by atoms with van der Waals surface area (Å²) in [5.74, 6) is -0.951. The highest BCUT2D eigenvalue weighted by Gasteiger charge is 2.55. The molecule has 0 aromatic heterocycles. The Morgan fingerprint density at radius 3 is 2.40 bits per heavy atom. The standard InChI is InChI=1S/C19H19ClN2O7S/c20-12-2-1-3-14(10-12)29-13-4-6-15(7-5-13)30(27,28)16-8-9-22(18(21)25)11-19(16,26)17(23)24/h1-7,10,16,26H,8-9,11H2,(H2,21,25)(H,23,24). The van der Waals surface area contributed by atoms with E-state index < -0.39 is 39.2 Å². The van der Waals surface area contributed by atoms with Crippen molar-refractivity contribution in [2.24, 2.45) is 5.73 Å². The van der Waals surface area contributed by atoms with E-state index in [0.29, 0.717) is 16.5 Å². The number of hydrogen-bond donors (Lipinski definition) is 3. The first-order chi connectivity index (χ1) is 14.0. The summed E-state index contributed by atoms with van der Waals surface area (Å²) in [6, 6.07) is 11.0. The zero-order chi connectivity index (χ0) is 22.1. The van der Waals surface area contributed by atoms with Crippen LogP contribution in [0, 0.1) is 0 Å². The number of primary amides is 1. The number of halogens is 1. The number of nitrogens with two attached hydrogens (primary N) is 1. The lowest BCUT2D eigenvalue weighted by Crippen LogP contribution is -2.65. The number of rotatable bonds is 5. The number of carbonyl (C=O) groups is 2. The molecule has 2 aromatic carbocycles. The first-order valence-corrected chi connectivity index (χ1v) is 10.7. The monoisotopic (exact) mass is 454 g/mol. The van der Waals surface area contributed by atoms with Gasteiger partial charge in [-0.25, -0.2) is 18.0 Å². The molecule has 1 heterocycles. The van der Waals surface area contributed by atoms with Gasteiger partial charge in [-0.1, -0.05) is 17.7 Å². The maximum Gasteiger partial charge on any atom is 0.338 e. The van der Waals surface area contributed by atoms with Crippen LogP contribution in [0.3, 0.4) is 0 Å². The minimum Gasteiger partial charge on any atom is -0.479 e. The molecule has 2 amide bonds. The summed E-state index contributed by atoms with van der Waals surface area (Å²) in [5, 5.41) is 18.9. The molecule has 9 nitrogen and oxygen atoms in total. The number of aliphatic hydroxyl groups is 1. The molecule has 0 aliphatic carbocycles. The predicted molar refractivity (Wildman–Crippen MR) is 107 cm³/mol. The van der Waals surface area contributed by atoms with Gasteiger partial charge in [-0.05, 0) is 48.9 Å². The molecule has 2 aromatic rings. The van der Waals surface area contributed by atoms with Gasteiger partial charge in [0, 0.05) is 11.6 Å². The summed E-state index contributed by atoms with van der Waals surface area (Å²) in [6.07, 6.45) is -0.283. The van der Waals surface area contributed by atoms with Crippen LogP contribution in [-0.2, 0) is 14.6 Å². The van der Waals surface area contributed by atoms with Gasteiger partial charge >= 0.3 is 12.0 Å². The van der Waals surface area contributed by atoms with Crippen molar-refractivity contribution in [2.45, 2.75) is 22.2 Å². The van der Waals surface area contributed by atoms with Gasteiger partial charge in [0.05, 0.1) is 11.4 Å². The molecule has 1 fully saturated rings. The topological polar surface area (TPSA) is 147 Å². The summed E-state index contributed by atoms with van der Waals surface area (Å²) in [7, 11) is -4.25. The van der Waals surface area contributed by atoms with E-state index in [1.165, 1.54) is 24.3 Å². The number of sulfone groups is 1. The van der Waals surface area contributed by atoms with E-state index in [9.17, 15) is 28.2 Å². The highest BCUT2D eigenvalue weighted by atomic mass is 35.5. The second kappa shape index (κ2) is 8.13. The van der Waals surface area contributed by atoms with Crippen LogP contribution in [-0.4, -0.2) is 59.5 Å². The van der Waals surface area contributed by atoms with Crippen LogP contribution in [0.25, 0.3) is 0 Å². The number of nitrogens with zero attached hydrogens (tertiary/aromatic N) is 1. The minimum absolute atomic E-state index is 0.0925. The van der Waals surface area contributed by atoms with E-state index in [4.69, 9.17) is 22.1 Å². The van der Waals surface area contributed by atoms with Crippen LogP contribution in [0.15, 0.2) is 53.4 Å². The van der Waals surface area contributed by atoms with Crippen LogP contribution >= 0.6 is 11.6 Å². The Labute approximate surface area is 177 Å². The first-order valence-electron chi connectivity index (χ1n) is 8.81. The fourth-order valence-corrected chi connectivity index (χ4v) is 5.45. The quantitative estimate of drug-likeness (QED) is 0.624. The van der Waals surface area contributed by atoms with Crippen LogP contribution in [0.1, 0.15) is 6.42 Å². The molecule has 4 N–H and O–H groups in total. The number of aliphatic carboxylic acids is 1. The Balaban J connectivity index is 1.87. The van der Waals surface area contributed by atoms with Crippen molar-refractivity contribution in [3.63, 3.8) is 0 Å². The minimum atomic E-state index is -4.25. The second-order valence-corrected chi connectivity index (χ2v) is 9.41. The molecule has 1 aliphatic heterocycles. The van der Waals surface area contributed by atoms with Crippen molar-refractivity contribution in [1.29, 1.82) is 0 Å². The summed E-state index contributed by atoms with van der Waals surface area (Å²) < 4.78 is 31.8. The number of β-amino-alcohol motifs (C(OH)–C–C–N with tert-alkyl or cyclic N) is 1. The summed E-state index contributed by atoms with van der Waals surface area (Å²) in [5.41, 5.74) is 2.46. The van der Waals surface area contributed by atoms with Gasteiger partial charge in [-0.3, -0.25) is 0 Å². The maximum absolute atomic E-state index is 13.1. The molecule has 0 spiro atoms. The molecule has 160 valence electrons. The molecule has 1 aliphatic rings. The molecular formula is C19H19ClN2O7S. The van der Waals surface area contributed by atoms with Gasteiger partial charge in [0.15, 0.2) is 15.4 Å². The normalized spacial score (nSPS) is 21.8. The van der Waals surface area contributed by atoms with Crippen LogP contribution in [0.5, 0.6) is 11.5 Å². The molecule has 0 bridgehead atoms. The van der Waals surface area contributed by atoms with Crippen molar-refractivity contribution >= 4 is 33.4 Å². The molecule has 30 heavy (non-hydrogen) atoms. The Morgan fingerprint density at radius 1 is 1.17 bits per heavy atom. The van der Waals surface area contributed by atoms with Crippen LogP contribution < -0.4 is 10.5 Å². The average molecular weight is 455 g/mol. The number of ether oxygens (including phenoxy) is 1. The molecule has 0 radical (unpaired) electrons. The van der Waals surface area contributed by atoms with Crippen LogP contribution in [0.4, 0.5) is 4.79 Å². The summed E-state index contributed by atoms with van der Waals surface area (Å²) >= 11 is 5.90. The van der Waals surface area contributed by atoms with E-state index in [1.54, 1.807) is 24.3 Å². The zero-order valence-corrected chi connectivity index (χ0v) is 17.1. The Hall–Kier alpha value is -2.82. The largest absolute Gasteiger partial charge is 0.479 e. The lowest BCUT2D eigenvalue weighted by molar-refractivity contribution is -0.162. The third-order valence-electron chi connectivity index (χ3n) is 4.87. The number of hydrogen-bond acceptors (Lipinski definition) is 6. The van der Waals surface area contributed by atoms with E-state index in [-0.39, 0.29) is 17.9 Å². The Bertz CT molecular complexity index is 1070. The average Bonchev–Trinajstić information content (AvgIpc) is 2.68. The number of benzene rings is 2. The van der Waals surface area contributed by atoms with Crippen molar-refractivity contribution in [1.82, 2.24) is 4.90 Å². The highest BCUT2D eigenvalue weighted by molar-refractivity contribution is 7.92. The van der Waals surface area contributed by atoms with Gasteiger partial charge < -0.3 is 25.6 Å². The van der Waals surface area contributed by atoms with Crippen molar-refractivity contribution in [2.75, 3.05) is 13.1 Å². The highest BCUT2D eigenvalue weighted by Crippen LogP contribution is 2.33. The third kappa shape index (κ3) is 4.20. The lowest BCUT2D eigenvalue weighted by atomic mass is 9.92. The second-order valence-electron chi connectivity index (χ2n) is 6.84. The number of piperidine rings is 1. The molecule has 2 unspecified atom stereocenters. The van der Waals surface area contributed by atoms with E-state index in [2.05, 4.69) is 0 Å². The fraction of sp³-hybridized carbons (Fsp3) is 0.263. The molecule has 11 heteroatoms. The lowest BCUT2D eigenvalue weighted by Gasteiger charge is -2.40. The molecule has 0 saturated carbocycles. The summed E-state index contributed by atoms with van der Waals surface area (Å²) in [4.78, 5) is 23.8. The molecule has 1 saturated heterocycles. The smallest absolute Gasteiger partial charge is 0.338 e. The van der Waals surface area contributed by atoms with Crippen molar-refractivity contribution < 1.29 is 33.0 Å². The Morgan fingerprint density at radius 2 is 1.83 bits per heavy atom. The number of amides is 2. The third-order valence-corrected chi connectivity index (χ3v) is 7.41. The first kappa shape index (κ1) is 21.9. The van der Waals surface area contributed by atoms with Gasteiger partial charge in [0.25, 0.3) is 0 Å². The SMILES string of the molecule is NC(=O)N1CCC(S(=O)(=O)c2ccc(Oc3cccc(Cl)c3)cc2)C(O)(C(=O)O)C1. The van der Waals surface area contributed by atoms with Gasteiger partial charge in [-0.2, -0.15) is 0 Å². The fourth-order valence-electron chi connectivity index (χ4n) is 3.32. The number of likely N-dealkylation sites (tertiary alicyclic amines) is 1. The Kier molecular flexibility index (Phi) is 5.93. The molecule has 2 atom stereocenters. The number of carbonyl (C=O) groups excluding carboxylic acids is 1. The van der Waals surface area contributed by atoms with E-state index in [0.717, 1.165) is 4.90 Å². The van der Waals surface area contributed by atoms with Gasteiger partial charge in [0.2, 0.25) is 0 Å². The van der Waals surface area contributed by atoms with Gasteiger partial charge in [-0.15, -0.1) is 0 Å². The van der Waals surface area contributed by atoms with Crippen molar-refractivity contribution in [3.8, 4) is 11.5 Å². The van der Waals surface area contributed by atoms with E-state index in [1.807, 2.05) is 0 Å². The van der Waals surface area contributed by atoms with E-state index >= 15 is 0 Å². The zero-order valence-electron chi connectivity index (χ0n) is 15.6. The maximum atomic E-state index is 13.1. The molecule has 3 rings (SSSR count). The number of urea groups is 1. The predicted octanol–water partition coefficient (Wildman–Crippen LogP) is 1.87. The molecular weight excluding hydrogens is 436 g/mol. The number of carboxylic acid groups (broad SMARTS) is 1. The number of carboxylic acids is 1. The van der Waals surface area contributed by atoms with Gasteiger partial charge in [0.1, 0.15) is 16.7 Å². The van der Waals surface area contributed by atoms with Crippen LogP contribution in [0.2, 0.25) is 5.02 Å². The summed E-state index contributed by atoms with van der Waals surface area (Å²) in [6.45, 7) is -0.817.